The number of amides is 1. The van der Waals surface area contributed by atoms with E-state index in [0.717, 1.165) is 60.9 Å². The smallest absolute Gasteiger partial charge is 0.230 e. The number of benzene rings is 1. The monoisotopic (exact) mass is 430 g/mol. The largest absolute Gasteiger partial charge is 0.341 e. The molecule has 32 heavy (non-hydrogen) atoms. The van der Waals surface area contributed by atoms with Gasteiger partial charge >= 0.3 is 0 Å². The average molecular weight is 431 g/mol. The van der Waals surface area contributed by atoms with E-state index in [2.05, 4.69) is 9.88 Å². The van der Waals surface area contributed by atoms with Crippen LogP contribution in [0.4, 0.5) is 5.95 Å². The first-order valence-corrected chi connectivity index (χ1v) is 11.6. The minimum absolute atomic E-state index is 0.0323. The number of hydrogen-bond acceptors (Lipinski definition) is 5. The molecule has 0 aliphatic carbocycles. The summed E-state index contributed by atoms with van der Waals surface area (Å²) in [5, 5.41) is 4.81. The minimum atomic E-state index is -0.176. The summed E-state index contributed by atoms with van der Waals surface area (Å²) in [5.74, 6) is 0.771. The lowest BCUT2D eigenvalue weighted by molar-refractivity contribution is -0.133. The van der Waals surface area contributed by atoms with E-state index in [9.17, 15) is 4.79 Å². The average Bonchev–Trinajstić information content (AvgIpc) is 3.59. The molecule has 2 aromatic heterocycles. The van der Waals surface area contributed by atoms with E-state index in [0.29, 0.717) is 0 Å². The van der Waals surface area contributed by atoms with Gasteiger partial charge in [0.05, 0.1) is 23.3 Å². The highest BCUT2D eigenvalue weighted by Crippen LogP contribution is 2.38. The Hall–Kier alpha value is -3.22. The molecule has 2 unspecified atom stereocenters. The lowest BCUT2D eigenvalue weighted by atomic mass is 9.98. The van der Waals surface area contributed by atoms with Crippen molar-refractivity contribution in [1.82, 2.24) is 24.6 Å². The SMILES string of the molecule is CC(C(=O)N1CCCC1c1nn(C)cc1-c1ccnc(N2CCCC2)n1)c1ccccc1. The van der Waals surface area contributed by atoms with Crippen molar-refractivity contribution in [2.24, 2.45) is 7.05 Å². The Balaban J connectivity index is 1.45. The van der Waals surface area contributed by atoms with Crippen molar-refractivity contribution >= 4 is 11.9 Å². The minimum Gasteiger partial charge on any atom is -0.341 e. The molecule has 0 spiro atoms. The zero-order valence-corrected chi connectivity index (χ0v) is 18.8. The molecule has 4 heterocycles. The third-order valence-electron chi connectivity index (χ3n) is 6.69. The second-order valence-corrected chi connectivity index (χ2v) is 8.86. The van der Waals surface area contributed by atoms with Gasteiger partial charge < -0.3 is 9.80 Å². The van der Waals surface area contributed by atoms with E-state index >= 15 is 0 Å². The van der Waals surface area contributed by atoms with Crippen LogP contribution in [-0.4, -0.2) is 50.2 Å². The van der Waals surface area contributed by atoms with Gasteiger partial charge in [-0.2, -0.15) is 5.10 Å². The first-order chi connectivity index (χ1) is 15.6. The van der Waals surface area contributed by atoms with Crippen molar-refractivity contribution in [3.05, 3.63) is 60.0 Å². The number of likely N-dealkylation sites (tertiary alicyclic amines) is 1. The van der Waals surface area contributed by atoms with Gasteiger partial charge in [-0.25, -0.2) is 9.97 Å². The molecule has 7 heteroatoms. The maximum absolute atomic E-state index is 13.5. The standard InChI is InChI=1S/C25H30N6O/c1-18(19-9-4-3-5-10-19)24(32)31-16-8-11-22(31)23-20(17-29(2)28-23)21-12-13-26-25(27-21)30-14-6-7-15-30/h3-5,9-10,12-13,17-18,22H,6-8,11,14-16H2,1-2H3. The maximum atomic E-state index is 13.5. The highest BCUT2D eigenvalue weighted by Gasteiger charge is 2.36. The molecule has 2 atom stereocenters. The first-order valence-electron chi connectivity index (χ1n) is 11.6. The summed E-state index contributed by atoms with van der Waals surface area (Å²) in [6, 6.07) is 11.9. The number of anilines is 1. The third-order valence-corrected chi connectivity index (χ3v) is 6.69. The molecule has 0 N–H and O–H groups in total. The number of aromatic nitrogens is 4. The van der Waals surface area contributed by atoms with Gasteiger partial charge in [0.2, 0.25) is 11.9 Å². The van der Waals surface area contributed by atoms with Crippen LogP contribution in [0, 0.1) is 0 Å². The topological polar surface area (TPSA) is 67.2 Å². The van der Waals surface area contributed by atoms with Crippen molar-refractivity contribution in [3.8, 4) is 11.3 Å². The van der Waals surface area contributed by atoms with Crippen molar-refractivity contribution in [2.75, 3.05) is 24.5 Å². The van der Waals surface area contributed by atoms with Gasteiger partial charge in [0.15, 0.2) is 0 Å². The Labute approximate surface area is 189 Å². The quantitative estimate of drug-likeness (QED) is 0.613. The molecule has 166 valence electrons. The molecule has 0 radical (unpaired) electrons. The zero-order chi connectivity index (χ0) is 22.1. The summed E-state index contributed by atoms with van der Waals surface area (Å²) in [7, 11) is 1.93. The van der Waals surface area contributed by atoms with Crippen LogP contribution in [0.15, 0.2) is 48.8 Å². The molecule has 2 aliphatic rings. The molecule has 5 rings (SSSR count). The van der Waals surface area contributed by atoms with E-state index < -0.39 is 0 Å². The molecule has 2 aliphatic heterocycles. The fraction of sp³-hybridized carbons (Fsp3) is 0.440. The van der Waals surface area contributed by atoms with Crippen LogP contribution in [0.2, 0.25) is 0 Å². The molecule has 3 aromatic rings. The predicted molar refractivity (Wildman–Crippen MR) is 124 cm³/mol. The van der Waals surface area contributed by atoms with Gasteiger partial charge in [-0.05, 0) is 44.2 Å². The predicted octanol–water partition coefficient (Wildman–Crippen LogP) is 3.94. The van der Waals surface area contributed by atoms with E-state index in [1.165, 1.54) is 12.8 Å². The molecule has 7 nitrogen and oxygen atoms in total. The Kier molecular flexibility index (Phi) is 5.64. The van der Waals surface area contributed by atoms with Gasteiger partial charge in [-0.3, -0.25) is 9.48 Å². The summed E-state index contributed by atoms with van der Waals surface area (Å²) in [6.45, 7) is 4.77. The maximum Gasteiger partial charge on any atom is 0.230 e. The highest BCUT2D eigenvalue weighted by atomic mass is 16.2. The molecule has 2 saturated heterocycles. The number of aryl methyl sites for hydroxylation is 1. The van der Waals surface area contributed by atoms with Crippen LogP contribution in [-0.2, 0) is 11.8 Å². The molecule has 1 aromatic carbocycles. The summed E-state index contributed by atoms with van der Waals surface area (Å²) in [4.78, 5) is 27.1. The number of carbonyl (C=O) groups is 1. The Morgan fingerprint density at radius 3 is 2.62 bits per heavy atom. The van der Waals surface area contributed by atoms with Gasteiger partial charge in [0.1, 0.15) is 0 Å². The second kappa shape index (κ2) is 8.73. The van der Waals surface area contributed by atoms with Crippen LogP contribution >= 0.6 is 0 Å². The summed E-state index contributed by atoms with van der Waals surface area (Å²) in [6.07, 6.45) is 8.13. The first kappa shape index (κ1) is 20.7. The van der Waals surface area contributed by atoms with E-state index in [1.807, 2.05) is 72.3 Å². The third kappa shape index (κ3) is 3.87. The van der Waals surface area contributed by atoms with Gasteiger partial charge in [0.25, 0.3) is 0 Å². The fourth-order valence-electron chi connectivity index (χ4n) is 4.96. The molecule has 2 fully saturated rings. The Morgan fingerprint density at radius 1 is 1.06 bits per heavy atom. The fourth-order valence-corrected chi connectivity index (χ4v) is 4.96. The van der Waals surface area contributed by atoms with Crippen LogP contribution < -0.4 is 4.90 Å². The molecular weight excluding hydrogens is 400 g/mol. The normalized spacial score (nSPS) is 19.5. The molecule has 1 amide bonds. The second-order valence-electron chi connectivity index (χ2n) is 8.86. The lowest BCUT2D eigenvalue weighted by Gasteiger charge is -2.27. The van der Waals surface area contributed by atoms with E-state index in [4.69, 9.17) is 10.1 Å². The zero-order valence-electron chi connectivity index (χ0n) is 18.8. The van der Waals surface area contributed by atoms with Gasteiger partial charge in [-0.15, -0.1) is 0 Å². The van der Waals surface area contributed by atoms with Crippen LogP contribution in [0.3, 0.4) is 0 Å². The summed E-state index contributed by atoms with van der Waals surface area (Å²) < 4.78 is 1.84. The van der Waals surface area contributed by atoms with Crippen LogP contribution in [0.25, 0.3) is 11.3 Å². The van der Waals surface area contributed by atoms with Crippen molar-refractivity contribution in [1.29, 1.82) is 0 Å². The summed E-state index contributed by atoms with van der Waals surface area (Å²) >= 11 is 0. The number of nitrogens with zero attached hydrogens (tertiary/aromatic N) is 6. The van der Waals surface area contributed by atoms with Crippen molar-refractivity contribution in [2.45, 2.75) is 44.6 Å². The van der Waals surface area contributed by atoms with Crippen LogP contribution in [0.5, 0.6) is 0 Å². The molecule has 0 saturated carbocycles. The van der Waals surface area contributed by atoms with E-state index in [-0.39, 0.29) is 17.9 Å². The Bertz CT molecular complexity index is 1090. The number of hydrogen-bond donors (Lipinski definition) is 0. The number of carbonyl (C=O) groups excluding carboxylic acids is 1. The van der Waals surface area contributed by atoms with Crippen LogP contribution in [0.1, 0.15) is 55.8 Å². The molecular formula is C25H30N6O. The summed E-state index contributed by atoms with van der Waals surface area (Å²) in [5.41, 5.74) is 3.85. The van der Waals surface area contributed by atoms with Gasteiger partial charge in [0, 0.05) is 44.6 Å². The van der Waals surface area contributed by atoms with Crippen molar-refractivity contribution < 1.29 is 4.79 Å². The lowest BCUT2D eigenvalue weighted by Crippen LogP contribution is -2.34. The molecule has 0 bridgehead atoms. The van der Waals surface area contributed by atoms with E-state index in [1.54, 1.807) is 0 Å². The number of rotatable bonds is 5. The van der Waals surface area contributed by atoms with Crippen molar-refractivity contribution in [3.63, 3.8) is 0 Å². The van der Waals surface area contributed by atoms with Gasteiger partial charge in [-0.1, -0.05) is 30.3 Å². The Morgan fingerprint density at radius 2 is 1.84 bits per heavy atom. The highest BCUT2D eigenvalue weighted by molar-refractivity contribution is 5.84.